The van der Waals surface area contributed by atoms with Crippen molar-refractivity contribution in [3.8, 4) is 0 Å². The molecule has 0 bridgehead atoms. The summed E-state index contributed by atoms with van der Waals surface area (Å²) in [5.41, 5.74) is 4.05. The molecule has 2 aromatic rings. The van der Waals surface area contributed by atoms with Crippen molar-refractivity contribution in [2.75, 3.05) is 44.7 Å². The van der Waals surface area contributed by atoms with E-state index in [2.05, 4.69) is 44.9 Å². The van der Waals surface area contributed by atoms with Crippen LogP contribution in [0.15, 0.2) is 24.4 Å². The van der Waals surface area contributed by atoms with Gasteiger partial charge in [-0.1, -0.05) is 6.07 Å². The van der Waals surface area contributed by atoms with Crippen molar-refractivity contribution in [3.05, 3.63) is 30.0 Å². The first kappa shape index (κ1) is 18.5. The zero-order valence-corrected chi connectivity index (χ0v) is 16.9. The molecule has 28 heavy (non-hydrogen) atoms. The van der Waals surface area contributed by atoms with Gasteiger partial charge in [-0.05, 0) is 75.2 Å². The highest BCUT2D eigenvalue weighted by Crippen LogP contribution is 2.33. The Morgan fingerprint density at radius 1 is 0.964 bits per heavy atom. The summed E-state index contributed by atoms with van der Waals surface area (Å²) >= 11 is 0. The minimum Gasteiger partial charge on any atom is -0.382 e. The number of rotatable bonds is 4. The zero-order chi connectivity index (χ0) is 18.8. The molecule has 2 aliphatic heterocycles. The van der Waals surface area contributed by atoms with Gasteiger partial charge >= 0.3 is 0 Å². The van der Waals surface area contributed by atoms with Gasteiger partial charge in [0.15, 0.2) is 0 Å². The van der Waals surface area contributed by atoms with Crippen LogP contribution in [0.2, 0.25) is 0 Å². The van der Waals surface area contributed by atoms with Crippen molar-refractivity contribution in [2.24, 2.45) is 0 Å². The van der Waals surface area contributed by atoms with Crippen molar-refractivity contribution >= 4 is 16.6 Å². The molecule has 1 aromatic carbocycles. The lowest BCUT2D eigenvalue weighted by Gasteiger charge is -2.39. The average molecular weight is 383 g/mol. The molecule has 1 aliphatic carbocycles. The first-order chi connectivity index (χ1) is 13.9. The van der Waals surface area contributed by atoms with E-state index in [-0.39, 0.29) is 0 Å². The van der Waals surface area contributed by atoms with Crippen LogP contribution in [0, 0.1) is 0 Å². The lowest BCUT2D eigenvalue weighted by Crippen LogP contribution is -2.46. The van der Waals surface area contributed by atoms with E-state index in [0.29, 0.717) is 12.0 Å². The van der Waals surface area contributed by atoms with Gasteiger partial charge in [-0.15, -0.1) is 0 Å². The number of morpholine rings is 1. The molecule has 0 amide bonds. The Morgan fingerprint density at radius 3 is 2.54 bits per heavy atom. The number of benzene rings is 1. The van der Waals surface area contributed by atoms with Crippen molar-refractivity contribution in [1.29, 1.82) is 0 Å². The number of nitrogens with zero attached hydrogens (tertiary/aromatic N) is 1. The van der Waals surface area contributed by atoms with Crippen molar-refractivity contribution < 1.29 is 4.74 Å². The second-order valence-electron chi connectivity index (χ2n) is 8.83. The number of piperidine rings is 1. The highest BCUT2D eigenvalue weighted by molar-refractivity contribution is 5.86. The molecule has 3 fully saturated rings. The Labute approximate surface area is 168 Å². The molecule has 1 aromatic heterocycles. The number of anilines is 1. The summed E-state index contributed by atoms with van der Waals surface area (Å²) in [6.07, 6.45) is 9.90. The van der Waals surface area contributed by atoms with Crippen molar-refractivity contribution in [2.45, 2.75) is 56.5 Å². The Hall–Kier alpha value is -1.56. The predicted octanol–water partition coefficient (Wildman–Crippen LogP) is 3.69. The maximum Gasteiger partial charge on any atom is 0.0594 e. The molecule has 1 saturated carbocycles. The maximum absolute atomic E-state index is 5.51. The Morgan fingerprint density at radius 2 is 1.75 bits per heavy atom. The minimum absolute atomic E-state index is 0.605. The molecule has 3 aliphatic rings. The van der Waals surface area contributed by atoms with Gasteiger partial charge in [0.05, 0.1) is 13.2 Å². The standard InChI is InChI=1S/C23H34N4O/c1-4-20(27-11-13-28-14-12-27)5-2-18(1)26-19-3-6-21-22(16-25-23(21)15-19)17-7-9-24-10-8-17/h3,6,15-18,20,24-26H,1-2,4-5,7-14H2. The number of aromatic amines is 1. The normalized spacial score (nSPS) is 27.9. The topological polar surface area (TPSA) is 52.3 Å². The number of hydrogen-bond acceptors (Lipinski definition) is 4. The number of nitrogens with one attached hydrogen (secondary N) is 3. The molecule has 3 N–H and O–H groups in total. The van der Waals surface area contributed by atoms with Crippen molar-refractivity contribution in [3.63, 3.8) is 0 Å². The summed E-state index contributed by atoms with van der Waals surface area (Å²) < 4.78 is 5.51. The number of fused-ring (bicyclic) bond motifs is 1. The van der Waals surface area contributed by atoms with E-state index in [1.165, 1.54) is 60.7 Å². The fourth-order valence-electron chi connectivity index (χ4n) is 5.47. The molecule has 0 spiro atoms. The van der Waals surface area contributed by atoms with Crippen LogP contribution >= 0.6 is 0 Å². The molecule has 3 heterocycles. The van der Waals surface area contributed by atoms with Gasteiger partial charge in [-0.2, -0.15) is 0 Å². The summed E-state index contributed by atoms with van der Waals surface area (Å²) in [6, 6.07) is 8.29. The van der Waals surface area contributed by atoms with Crippen LogP contribution in [-0.4, -0.2) is 61.4 Å². The van der Waals surface area contributed by atoms with Crippen LogP contribution in [-0.2, 0) is 4.74 Å². The number of ether oxygens (including phenoxy) is 1. The van der Waals surface area contributed by atoms with E-state index in [0.717, 1.165) is 45.4 Å². The molecular weight excluding hydrogens is 348 g/mol. The van der Waals surface area contributed by atoms with Gasteiger partial charge in [0.1, 0.15) is 0 Å². The zero-order valence-electron chi connectivity index (χ0n) is 16.9. The van der Waals surface area contributed by atoms with Gasteiger partial charge in [-0.25, -0.2) is 0 Å². The third-order valence-corrected chi connectivity index (χ3v) is 7.12. The average Bonchev–Trinajstić information content (AvgIpc) is 3.19. The molecule has 0 radical (unpaired) electrons. The van der Waals surface area contributed by atoms with Crippen LogP contribution in [0.3, 0.4) is 0 Å². The van der Waals surface area contributed by atoms with E-state index < -0.39 is 0 Å². The fourth-order valence-corrected chi connectivity index (χ4v) is 5.47. The van der Waals surface area contributed by atoms with Crippen LogP contribution < -0.4 is 10.6 Å². The lowest BCUT2D eigenvalue weighted by molar-refractivity contribution is 0.00791. The SMILES string of the molecule is c1cc2c(C3CCNCC3)c[nH]c2cc1NC1CCC(N2CCOCC2)CC1. The van der Waals surface area contributed by atoms with Gasteiger partial charge in [-0.3, -0.25) is 4.90 Å². The van der Waals surface area contributed by atoms with Crippen molar-refractivity contribution in [1.82, 2.24) is 15.2 Å². The van der Waals surface area contributed by atoms with Crippen LogP contribution in [0.1, 0.15) is 50.0 Å². The van der Waals surface area contributed by atoms with Gasteiger partial charge < -0.3 is 20.4 Å². The van der Waals surface area contributed by atoms with Gasteiger partial charge in [0.25, 0.3) is 0 Å². The van der Waals surface area contributed by atoms with Crippen LogP contribution in [0.25, 0.3) is 10.9 Å². The molecule has 0 atom stereocenters. The molecule has 5 nitrogen and oxygen atoms in total. The second kappa shape index (κ2) is 8.44. The molecule has 152 valence electrons. The number of aromatic nitrogens is 1. The monoisotopic (exact) mass is 382 g/mol. The third-order valence-electron chi connectivity index (χ3n) is 7.12. The highest BCUT2D eigenvalue weighted by Gasteiger charge is 2.27. The summed E-state index contributed by atoms with van der Waals surface area (Å²) in [4.78, 5) is 6.18. The van der Waals surface area contributed by atoms with Crippen LogP contribution in [0.5, 0.6) is 0 Å². The number of H-pyrrole nitrogens is 1. The highest BCUT2D eigenvalue weighted by atomic mass is 16.5. The first-order valence-corrected chi connectivity index (χ1v) is 11.3. The Kier molecular flexibility index (Phi) is 5.56. The summed E-state index contributed by atoms with van der Waals surface area (Å²) in [5, 5.41) is 8.70. The van der Waals surface area contributed by atoms with Gasteiger partial charge in [0, 0.05) is 48.0 Å². The van der Waals surface area contributed by atoms with E-state index in [4.69, 9.17) is 4.74 Å². The second-order valence-corrected chi connectivity index (χ2v) is 8.83. The maximum atomic E-state index is 5.51. The predicted molar refractivity (Wildman–Crippen MR) is 115 cm³/mol. The fraction of sp³-hybridized carbons (Fsp3) is 0.652. The summed E-state index contributed by atoms with van der Waals surface area (Å²) in [6.45, 7) is 6.34. The first-order valence-electron chi connectivity index (χ1n) is 11.3. The van der Waals surface area contributed by atoms with E-state index in [1.807, 2.05) is 0 Å². The molecule has 5 heteroatoms. The van der Waals surface area contributed by atoms with E-state index in [1.54, 1.807) is 0 Å². The third kappa shape index (κ3) is 3.93. The van der Waals surface area contributed by atoms with E-state index >= 15 is 0 Å². The van der Waals surface area contributed by atoms with Crippen LogP contribution in [0.4, 0.5) is 5.69 Å². The Bertz CT molecular complexity index is 768. The molecule has 0 unspecified atom stereocenters. The lowest BCUT2D eigenvalue weighted by atomic mass is 9.89. The molecule has 5 rings (SSSR count). The summed E-state index contributed by atoms with van der Waals surface area (Å²) in [7, 11) is 0. The largest absolute Gasteiger partial charge is 0.382 e. The minimum atomic E-state index is 0.605. The number of hydrogen-bond donors (Lipinski definition) is 3. The van der Waals surface area contributed by atoms with E-state index in [9.17, 15) is 0 Å². The smallest absolute Gasteiger partial charge is 0.0594 e. The molecule has 2 saturated heterocycles. The summed E-state index contributed by atoms with van der Waals surface area (Å²) in [5.74, 6) is 0.698. The Balaban J connectivity index is 1.20. The quantitative estimate of drug-likeness (QED) is 0.755. The molecular formula is C23H34N4O. The van der Waals surface area contributed by atoms with Gasteiger partial charge in [0.2, 0.25) is 0 Å².